The number of aryl methyl sites for hydroxylation is 1. The first kappa shape index (κ1) is 13.6. The van der Waals surface area contributed by atoms with Crippen LogP contribution >= 0.6 is 0 Å². The van der Waals surface area contributed by atoms with Gasteiger partial charge in [0, 0.05) is 19.0 Å². The molecule has 0 saturated heterocycles. The zero-order valence-corrected chi connectivity index (χ0v) is 10.9. The van der Waals surface area contributed by atoms with Gasteiger partial charge in [-0.25, -0.2) is 9.37 Å². The lowest BCUT2D eigenvalue weighted by atomic mass is 10.0. The number of hydrazine groups is 1. The Morgan fingerprint density at radius 1 is 1.37 bits per heavy atom. The molecule has 0 saturated carbocycles. The van der Waals surface area contributed by atoms with Crippen molar-refractivity contribution in [3.05, 3.63) is 47.8 Å². The largest absolute Gasteiger partial charge is 0.271 e. The van der Waals surface area contributed by atoms with E-state index in [-0.39, 0.29) is 11.9 Å². The fourth-order valence-electron chi connectivity index (χ4n) is 2.05. The van der Waals surface area contributed by atoms with E-state index in [0.717, 1.165) is 12.4 Å². The quantitative estimate of drug-likeness (QED) is 0.604. The van der Waals surface area contributed by atoms with Crippen molar-refractivity contribution in [3.8, 4) is 0 Å². The van der Waals surface area contributed by atoms with Gasteiger partial charge in [-0.2, -0.15) is 5.10 Å². The van der Waals surface area contributed by atoms with Gasteiger partial charge in [0.2, 0.25) is 0 Å². The van der Waals surface area contributed by atoms with Gasteiger partial charge >= 0.3 is 0 Å². The predicted octanol–water partition coefficient (Wildman–Crippen LogP) is 1.05. The van der Waals surface area contributed by atoms with Crippen LogP contribution in [-0.4, -0.2) is 20.8 Å². The van der Waals surface area contributed by atoms with Crippen LogP contribution < -0.4 is 11.3 Å². The summed E-state index contributed by atoms with van der Waals surface area (Å²) in [4.78, 5) is 4.20. The van der Waals surface area contributed by atoms with Crippen LogP contribution in [-0.2, 0) is 19.4 Å². The van der Waals surface area contributed by atoms with Crippen molar-refractivity contribution >= 4 is 0 Å². The molecule has 5 nitrogen and oxygen atoms in total. The molecular weight excluding hydrogens is 245 g/mol. The fraction of sp³-hybridized carbons (Fsp3) is 0.385. The number of benzene rings is 1. The van der Waals surface area contributed by atoms with Crippen molar-refractivity contribution in [2.45, 2.75) is 32.4 Å². The minimum Gasteiger partial charge on any atom is -0.271 e. The van der Waals surface area contributed by atoms with Gasteiger partial charge in [0.1, 0.15) is 18.0 Å². The average Bonchev–Trinajstić information content (AvgIpc) is 2.87. The molecule has 0 radical (unpaired) electrons. The Morgan fingerprint density at radius 3 is 2.84 bits per heavy atom. The number of rotatable bonds is 6. The van der Waals surface area contributed by atoms with Gasteiger partial charge in [-0.1, -0.05) is 18.2 Å². The van der Waals surface area contributed by atoms with Crippen LogP contribution in [0.25, 0.3) is 0 Å². The third-order valence-electron chi connectivity index (χ3n) is 3.08. The molecule has 6 heteroatoms. The molecule has 2 rings (SSSR count). The molecule has 1 atom stereocenters. The average molecular weight is 263 g/mol. The highest BCUT2D eigenvalue weighted by atomic mass is 19.1. The summed E-state index contributed by atoms with van der Waals surface area (Å²) in [5.41, 5.74) is 3.37. The lowest BCUT2D eigenvalue weighted by Gasteiger charge is -2.16. The van der Waals surface area contributed by atoms with Gasteiger partial charge in [-0.15, -0.1) is 0 Å². The summed E-state index contributed by atoms with van der Waals surface area (Å²) in [6.45, 7) is 2.76. The molecule has 1 aromatic carbocycles. The van der Waals surface area contributed by atoms with Crippen LogP contribution in [0, 0.1) is 5.82 Å². The molecule has 2 aromatic rings. The maximum Gasteiger partial charge on any atom is 0.138 e. The molecule has 1 aromatic heterocycles. The molecule has 0 spiro atoms. The van der Waals surface area contributed by atoms with Gasteiger partial charge in [0.05, 0.1) is 0 Å². The number of nitrogens with zero attached hydrogens (tertiary/aromatic N) is 3. The first-order valence-corrected chi connectivity index (χ1v) is 6.30. The van der Waals surface area contributed by atoms with Crippen molar-refractivity contribution in [2.75, 3.05) is 0 Å². The summed E-state index contributed by atoms with van der Waals surface area (Å²) >= 11 is 0. The summed E-state index contributed by atoms with van der Waals surface area (Å²) in [5, 5.41) is 4.11. The highest BCUT2D eigenvalue weighted by Crippen LogP contribution is 2.11. The number of nitrogens with one attached hydrogen (secondary N) is 1. The lowest BCUT2D eigenvalue weighted by molar-refractivity contribution is 0.480. The van der Waals surface area contributed by atoms with E-state index in [0.29, 0.717) is 18.4 Å². The summed E-state index contributed by atoms with van der Waals surface area (Å²) in [7, 11) is 0. The van der Waals surface area contributed by atoms with E-state index >= 15 is 0 Å². The SMILES string of the molecule is CCn1ncnc1CC(Cc1ccccc1F)NN. The smallest absolute Gasteiger partial charge is 0.138 e. The summed E-state index contributed by atoms with van der Waals surface area (Å²) in [6, 6.07) is 6.64. The predicted molar refractivity (Wildman–Crippen MR) is 70.6 cm³/mol. The molecule has 0 amide bonds. The number of aromatic nitrogens is 3. The molecular formula is C13H18FN5. The zero-order valence-electron chi connectivity index (χ0n) is 10.9. The van der Waals surface area contributed by atoms with E-state index in [9.17, 15) is 4.39 Å². The van der Waals surface area contributed by atoms with Crippen LogP contribution in [0.1, 0.15) is 18.3 Å². The standard InChI is InChI=1S/C13H18FN5/c1-2-19-13(16-9-17-19)8-11(18-15)7-10-5-3-4-6-12(10)14/h3-6,9,11,18H,2,7-8,15H2,1H3. The topological polar surface area (TPSA) is 68.8 Å². The maximum absolute atomic E-state index is 13.6. The van der Waals surface area contributed by atoms with Crippen molar-refractivity contribution in [1.82, 2.24) is 20.2 Å². The van der Waals surface area contributed by atoms with Crippen LogP contribution in [0.2, 0.25) is 0 Å². The fourth-order valence-corrected chi connectivity index (χ4v) is 2.05. The van der Waals surface area contributed by atoms with Crippen molar-refractivity contribution in [3.63, 3.8) is 0 Å². The highest BCUT2D eigenvalue weighted by molar-refractivity contribution is 5.18. The van der Waals surface area contributed by atoms with E-state index in [1.807, 2.05) is 17.7 Å². The van der Waals surface area contributed by atoms with E-state index in [1.165, 1.54) is 12.4 Å². The summed E-state index contributed by atoms with van der Waals surface area (Å²) < 4.78 is 15.4. The Balaban J connectivity index is 2.07. The van der Waals surface area contributed by atoms with E-state index in [2.05, 4.69) is 15.5 Å². The van der Waals surface area contributed by atoms with Gasteiger partial charge in [0.15, 0.2) is 0 Å². The Hall–Kier alpha value is -1.79. The van der Waals surface area contributed by atoms with E-state index < -0.39 is 0 Å². The lowest BCUT2D eigenvalue weighted by Crippen LogP contribution is -2.39. The van der Waals surface area contributed by atoms with Gasteiger partial charge < -0.3 is 0 Å². The monoisotopic (exact) mass is 263 g/mol. The Morgan fingerprint density at radius 2 is 2.16 bits per heavy atom. The second kappa shape index (κ2) is 6.40. The summed E-state index contributed by atoms with van der Waals surface area (Å²) in [5.74, 6) is 6.19. The van der Waals surface area contributed by atoms with Crippen molar-refractivity contribution in [1.29, 1.82) is 0 Å². The van der Waals surface area contributed by atoms with Crippen LogP contribution in [0.3, 0.4) is 0 Å². The minimum absolute atomic E-state index is 0.0774. The first-order chi connectivity index (χ1) is 9.24. The molecule has 0 aliphatic rings. The molecule has 19 heavy (non-hydrogen) atoms. The van der Waals surface area contributed by atoms with Gasteiger partial charge in [0.25, 0.3) is 0 Å². The maximum atomic E-state index is 13.6. The Labute approximate surface area is 111 Å². The molecule has 0 fully saturated rings. The molecule has 102 valence electrons. The Kier molecular flexibility index (Phi) is 4.59. The molecule has 1 unspecified atom stereocenters. The Bertz CT molecular complexity index is 525. The number of halogens is 1. The third-order valence-corrected chi connectivity index (χ3v) is 3.08. The summed E-state index contributed by atoms with van der Waals surface area (Å²) in [6.07, 6.45) is 2.65. The minimum atomic E-state index is -0.209. The third kappa shape index (κ3) is 3.36. The molecule has 1 heterocycles. The van der Waals surface area contributed by atoms with Crippen LogP contribution in [0.15, 0.2) is 30.6 Å². The number of nitrogens with two attached hydrogens (primary N) is 1. The van der Waals surface area contributed by atoms with Crippen LogP contribution in [0.5, 0.6) is 0 Å². The second-order valence-electron chi connectivity index (χ2n) is 4.36. The molecule has 3 N–H and O–H groups in total. The first-order valence-electron chi connectivity index (χ1n) is 6.30. The number of hydrogen-bond donors (Lipinski definition) is 2. The van der Waals surface area contributed by atoms with Crippen molar-refractivity contribution in [2.24, 2.45) is 5.84 Å². The zero-order chi connectivity index (χ0) is 13.7. The highest BCUT2D eigenvalue weighted by Gasteiger charge is 2.14. The molecule has 0 bridgehead atoms. The van der Waals surface area contributed by atoms with Gasteiger partial charge in [-0.3, -0.25) is 16.0 Å². The van der Waals surface area contributed by atoms with E-state index in [4.69, 9.17) is 5.84 Å². The normalized spacial score (nSPS) is 12.6. The van der Waals surface area contributed by atoms with Crippen molar-refractivity contribution < 1.29 is 4.39 Å². The number of hydrogen-bond acceptors (Lipinski definition) is 4. The second-order valence-corrected chi connectivity index (χ2v) is 4.36. The van der Waals surface area contributed by atoms with Crippen LogP contribution in [0.4, 0.5) is 4.39 Å². The van der Waals surface area contributed by atoms with Gasteiger partial charge in [-0.05, 0) is 25.0 Å². The molecule has 0 aliphatic heterocycles. The van der Waals surface area contributed by atoms with E-state index in [1.54, 1.807) is 12.1 Å². The molecule has 0 aliphatic carbocycles.